The summed E-state index contributed by atoms with van der Waals surface area (Å²) < 4.78 is 44.2. The van der Waals surface area contributed by atoms with E-state index < -0.39 is 0 Å². The van der Waals surface area contributed by atoms with Crippen LogP contribution in [-0.2, 0) is 0 Å². The summed E-state index contributed by atoms with van der Waals surface area (Å²) in [7, 11) is 0. The number of hydrogen-bond donors (Lipinski definition) is 2. The predicted octanol–water partition coefficient (Wildman–Crippen LogP) is 17.7. The van der Waals surface area contributed by atoms with E-state index in [9.17, 15) is 0 Å². The number of hydrogen-bond acceptors (Lipinski definition) is 32. The van der Waals surface area contributed by atoms with Gasteiger partial charge >= 0.3 is 0 Å². The number of rotatable bonds is 3. The third-order valence-electron chi connectivity index (χ3n) is 5.04. The standard InChI is InChI=1S/C5H8N2S.C4H7N3O.C4H7N3S.8C4H10.C3H4N2.2C3H3NO.C2H3N3.2C2H2N2O.CHN3O.CHN3S/c1-4(2)5-3-6-8-7-5;2*1-3(2)4-5-6-7-8-4;8*1-4(2)3;1-2-4-5-3-1;1-2-5-3-4-1;1-2-4-5-3-1;1-3-2-5-4-1;1-2-5-4-3-1;3*1-2-4-5-3-1/h3-4H,1-2H3;2*3H,1-2H3;8*4H,1-3H3;1-3H,(H,4,5);2*1-3H;1-2H,(H,3,4,5);2*1-2H;2*1H. The monoisotopic (exact) mass is 1410 g/mol. The summed E-state index contributed by atoms with van der Waals surface area (Å²) in [6.45, 7) is 64.3. The molecule has 96 heavy (non-hydrogen) atoms. The van der Waals surface area contributed by atoms with Crippen LogP contribution >= 0.6 is 35.0 Å². The quantitative estimate of drug-likeness (QED) is 0.166. The molecule has 0 bridgehead atoms. The Morgan fingerprint density at radius 1 is 0.406 bits per heavy atom. The van der Waals surface area contributed by atoms with Crippen LogP contribution in [0.5, 0.6) is 0 Å². The molecule has 0 radical (unpaired) electrons. The van der Waals surface area contributed by atoms with Crippen LogP contribution in [0.4, 0.5) is 0 Å². The Labute approximate surface area is 585 Å². The van der Waals surface area contributed by atoms with E-state index in [0.29, 0.717) is 17.7 Å². The molecule has 0 aromatic carbocycles. The molecule has 0 atom stereocenters. The summed E-state index contributed by atoms with van der Waals surface area (Å²) in [6.07, 6.45) is 24.3. The first-order chi connectivity index (χ1) is 45.3. The maximum absolute atomic E-state index is 4.62. The normalized spacial score (nSPS) is 8.93. The minimum Gasteiger partial charge on any atom is -0.452 e. The SMILES string of the molecule is CC(C)C.CC(C)C.CC(C)C.CC(C)C.CC(C)C.CC(C)C.CC(C)C.CC(C)C.CC(C)c1cnsn1.CC(C)c1nnno1.CC(C)c1nnns1.c1cn[nH]c1.c1cnoc1.c1cnon1.c1cocn1.c1conn1.c1nc[nH]n1.c1nnon1.c1nnsn1. The molecule has 0 saturated heterocycles. The third-order valence-corrected chi connectivity index (χ3v) is 6.78. The fraction of sp³-hybridized carbons (Fsp3) is 0.661. The smallest absolute Gasteiger partial charge is 0.250 e. The maximum atomic E-state index is 4.62. The number of nitrogens with zero attached hydrogens (tertiary/aromatic N) is 23. The lowest BCUT2D eigenvalue weighted by Gasteiger charge is -1.92. The Balaban J connectivity index is -0.000000143. The molecule has 0 aliphatic carbocycles. The van der Waals surface area contributed by atoms with E-state index in [4.69, 9.17) is 0 Å². The second-order valence-corrected chi connectivity index (χ2v) is 26.4. The molecule has 0 unspecified atom stereocenters. The molecular formula is C62H121N25O6S3. The van der Waals surface area contributed by atoms with Gasteiger partial charge in [-0.25, -0.2) is 19.2 Å². The molecular weight excluding hydrogens is 1290 g/mol. The molecule has 31 nitrogen and oxygen atoms in total. The van der Waals surface area contributed by atoms with Crippen molar-refractivity contribution in [2.45, 2.75) is 225 Å². The summed E-state index contributed by atoms with van der Waals surface area (Å²) in [5.41, 5.74) is 1.09. The highest BCUT2D eigenvalue weighted by Gasteiger charge is 2.03. The molecule has 0 aliphatic rings. The van der Waals surface area contributed by atoms with E-state index >= 15 is 0 Å². The largest absolute Gasteiger partial charge is 0.452 e. The molecule has 548 valence electrons. The van der Waals surface area contributed by atoms with Gasteiger partial charge in [0, 0.05) is 41.0 Å². The van der Waals surface area contributed by atoms with Crippen molar-refractivity contribution in [3.05, 3.63) is 129 Å². The summed E-state index contributed by atoms with van der Waals surface area (Å²) >= 11 is 3.73. The highest BCUT2D eigenvalue weighted by atomic mass is 32.1. The number of nitrogens with one attached hydrogen (secondary N) is 2. The Morgan fingerprint density at radius 2 is 0.990 bits per heavy atom. The number of H-pyrrole nitrogens is 2. The Bertz CT molecular complexity index is 2010. The molecule has 11 heterocycles. The zero-order valence-corrected chi connectivity index (χ0v) is 65.7. The second kappa shape index (κ2) is 86.7. The highest BCUT2D eigenvalue weighted by Crippen LogP contribution is 2.12. The first-order valence-electron chi connectivity index (χ1n) is 31.3. The van der Waals surface area contributed by atoms with E-state index in [2.05, 4.69) is 346 Å². The minimum atomic E-state index is 0.282. The van der Waals surface area contributed by atoms with Gasteiger partial charge in [0.05, 0.1) is 76.9 Å². The average molecular weight is 1410 g/mol. The Hall–Kier alpha value is -8.27. The van der Waals surface area contributed by atoms with Crippen LogP contribution in [0.1, 0.15) is 242 Å². The summed E-state index contributed by atoms with van der Waals surface area (Å²) in [6, 6.07) is 3.56. The van der Waals surface area contributed by atoms with Crippen LogP contribution < -0.4 is 0 Å². The topological polar surface area (TPSA) is 407 Å². The van der Waals surface area contributed by atoms with Crippen molar-refractivity contribution in [1.82, 2.24) is 125 Å². The first kappa shape index (κ1) is 104. The third kappa shape index (κ3) is 147. The van der Waals surface area contributed by atoms with Crippen molar-refractivity contribution in [2.24, 2.45) is 47.3 Å². The van der Waals surface area contributed by atoms with Gasteiger partial charge in [-0.1, -0.05) is 242 Å². The van der Waals surface area contributed by atoms with Crippen LogP contribution in [0, 0.1) is 47.3 Å². The highest BCUT2D eigenvalue weighted by molar-refractivity contribution is 7.05. The lowest BCUT2D eigenvalue weighted by Crippen LogP contribution is -1.85. The summed E-state index contributed by atoms with van der Waals surface area (Å²) in [5.74, 6) is 8.53. The molecule has 0 fully saturated rings. The Morgan fingerprint density at radius 3 is 1.14 bits per heavy atom. The van der Waals surface area contributed by atoms with Gasteiger partial charge in [-0.15, -0.1) is 15.3 Å². The van der Waals surface area contributed by atoms with Gasteiger partial charge in [-0.2, -0.15) is 23.3 Å². The predicted molar refractivity (Wildman–Crippen MR) is 382 cm³/mol. The van der Waals surface area contributed by atoms with Crippen molar-refractivity contribution in [2.75, 3.05) is 0 Å². The average Bonchev–Trinajstić information content (AvgIpc) is 3.50. The molecule has 0 amide bonds. The van der Waals surface area contributed by atoms with Crippen LogP contribution in [0.15, 0.2) is 139 Å². The van der Waals surface area contributed by atoms with Gasteiger partial charge < -0.3 is 18.0 Å². The zero-order chi connectivity index (χ0) is 74.9. The van der Waals surface area contributed by atoms with E-state index in [1.807, 2.05) is 26.1 Å². The van der Waals surface area contributed by atoms with E-state index in [1.54, 1.807) is 30.9 Å². The Kier molecular flexibility index (Phi) is 93.8. The van der Waals surface area contributed by atoms with Crippen molar-refractivity contribution in [3.63, 3.8) is 0 Å². The molecule has 11 rings (SSSR count). The molecule has 0 aliphatic heterocycles. The van der Waals surface area contributed by atoms with E-state index in [0.717, 1.165) is 69.8 Å². The molecule has 34 heteroatoms. The van der Waals surface area contributed by atoms with Crippen LogP contribution in [-0.4, -0.2) is 125 Å². The minimum absolute atomic E-state index is 0.282. The van der Waals surface area contributed by atoms with Gasteiger partial charge in [0.1, 0.15) is 36.5 Å². The summed E-state index contributed by atoms with van der Waals surface area (Å²) in [4.78, 5) is 7.11. The zero-order valence-electron chi connectivity index (χ0n) is 63.2. The van der Waals surface area contributed by atoms with E-state index in [1.165, 1.54) is 92.3 Å². The lowest BCUT2D eigenvalue weighted by atomic mass is 10.2. The molecule has 11 aromatic heterocycles. The van der Waals surface area contributed by atoms with Crippen LogP contribution in [0.2, 0.25) is 0 Å². The fourth-order valence-electron chi connectivity index (χ4n) is 2.37. The van der Waals surface area contributed by atoms with Crippen molar-refractivity contribution in [1.29, 1.82) is 0 Å². The number of aromatic nitrogens is 25. The molecule has 2 N–H and O–H groups in total. The van der Waals surface area contributed by atoms with Gasteiger partial charge in [-0.05, 0) is 81.0 Å². The van der Waals surface area contributed by atoms with Crippen molar-refractivity contribution in [3.8, 4) is 0 Å². The van der Waals surface area contributed by atoms with Crippen molar-refractivity contribution < 1.29 is 27.2 Å². The molecule has 11 aromatic rings. The maximum Gasteiger partial charge on any atom is 0.250 e. The number of aromatic amines is 2. The van der Waals surface area contributed by atoms with Gasteiger partial charge in [0.15, 0.2) is 19.0 Å². The van der Waals surface area contributed by atoms with Crippen molar-refractivity contribution >= 4 is 35.0 Å². The van der Waals surface area contributed by atoms with Crippen LogP contribution in [0.25, 0.3) is 0 Å². The van der Waals surface area contributed by atoms with Gasteiger partial charge in [-0.3, -0.25) is 10.2 Å². The lowest BCUT2D eigenvalue weighted by molar-refractivity contribution is 0.292. The summed E-state index contributed by atoms with van der Waals surface area (Å²) in [5, 5.41) is 59.4. The molecule has 0 spiro atoms. The number of oxazole rings is 1. The van der Waals surface area contributed by atoms with Gasteiger partial charge in [0.2, 0.25) is 0 Å². The molecule has 0 saturated carbocycles. The van der Waals surface area contributed by atoms with Crippen LogP contribution in [0.3, 0.4) is 0 Å². The van der Waals surface area contributed by atoms with Gasteiger partial charge in [0.25, 0.3) is 5.89 Å². The first-order valence-corrected chi connectivity index (χ1v) is 33.6. The fourth-order valence-corrected chi connectivity index (χ4v) is 3.57. The van der Waals surface area contributed by atoms with E-state index in [-0.39, 0.29) is 5.92 Å². The second-order valence-electron chi connectivity index (χ2n) is 24.5.